The molecule has 1 fully saturated rings. The molecule has 10 nitrogen and oxygen atoms in total. The fourth-order valence-corrected chi connectivity index (χ4v) is 3.91. The monoisotopic (exact) mass is 480 g/mol. The largest absolute Gasteiger partial charge is 0.447 e. The molecule has 4 rings (SSSR count). The van der Waals surface area contributed by atoms with E-state index in [1.165, 1.54) is 10.5 Å². The summed E-state index contributed by atoms with van der Waals surface area (Å²) < 4.78 is 16.8. The highest BCUT2D eigenvalue weighted by atomic mass is 16.6. The predicted molar refractivity (Wildman–Crippen MR) is 131 cm³/mol. The summed E-state index contributed by atoms with van der Waals surface area (Å²) in [5, 5.41) is 7.28. The topological polar surface area (TPSA) is 116 Å². The van der Waals surface area contributed by atoms with E-state index in [9.17, 15) is 4.79 Å². The van der Waals surface area contributed by atoms with Gasteiger partial charge in [0.15, 0.2) is 0 Å². The van der Waals surface area contributed by atoms with E-state index in [0.717, 1.165) is 12.0 Å². The quantitative estimate of drug-likeness (QED) is 0.486. The molecule has 1 aliphatic rings. The first-order valence-corrected chi connectivity index (χ1v) is 11.8. The summed E-state index contributed by atoms with van der Waals surface area (Å²) in [7, 11) is 0. The van der Waals surface area contributed by atoms with Crippen molar-refractivity contribution in [2.45, 2.75) is 71.8 Å². The Morgan fingerprint density at radius 3 is 2.60 bits per heavy atom. The fraction of sp³-hybridized carbons (Fsp3) is 0.480. The number of nitrogens with one attached hydrogen (secondary N) is 1. The lowest BCUT2D eigenvalue weighted by Crippen LogP contribution is -2.45. The fourth-order valence-electron chi connectivity index (χ4n) is 3.91. The summed E-state index contributed by atoms with van der Waals surface area (Å²) in [5.41, 5.74) is 1.77. The maximum Gasteiger partial charge on any atom is 0.416 e. The van der Waals surface area contributed by atoms with Crippen LogP contribution in [0.3, 0.4) is 0 Å². The molecule has 0 spiro atoms. The number of benzene rings is 1. The Hall–Kier alpha value is -3.53. The van der Waals surface area contributed by atoms with E-state index >= 15 is 0 Å². The third-order valence-electron chi connectivity index (χ3n) is 5.65. The second-order valence-corrected chi connectivity index (χ2v) is 9.56. The zero-order valence-corrected chi connectivity index (χ0v) is 21.0. The highest BCUT2D eigenvalue weighted by Crippen LogP contribution is 2.27. The summed E-state index contributed by atoms with van der Waals surface area (Å²) in [6.07, 6.45) is 1.84. The summed E-state index contributed by atoms with van der Waals surface area (Å²) in [4.78, 5) is 27.4. The van der Waals surface area contributed by atoms with Crippen molar-refractivity contribution in [3.63, 3.8) is 0 Å². The van der Waals surface area contributed by atoms with Crippen LogP contribution in [0.1, 0.15) is 59.0 Å². The van der Waals surface area contributed by atoms with Crippen LogP contribution in [0.15, 0.2) is 41.1 Å². The van der Waals surface area contributed by atoms with Crippen molar-refractivity contribution in [1.82, 2.24) is 20.1 Å². The second kappa shape index (κ2) is 9.99. The first-order valence-electron chi connectivity index (χ1n) is 11.8. The highest BCUT2D eigenvalue weighted by molar-refractivity contribution is 5.89. The molecule has 1 N–H and O–H groups in total. The number of aromatic nitrogens is 4. The van der Waals surface area contributed by atoms with Crippen LogP contribution < -0.4 is 10.2 Å². The van der Waals surface area contributed by atoms with Crippen molar-refractivity contribution in [2.75, 3.05) is 16.8 Å². The molecule has 3 atom stereocenters. The SMILES string of the molecule is CCc1ccc(-c2noc(C(C)Nc3nccc(N4C(=O)OC[C@@H]4[C@@H](C)OC(C)(C)C)n3)n2)cc1. The van der Waals surface area contributed by atoms with Crippen molar-refractivity contribution in [3.8, 4) is 11.4 Å². The molecule has 3 heterocycles. The zero-order chi connectivity index (χ0) is 25.2. The van der Waals surface area contributed by atoms with Crippen LogP contribution in [0, 0.1) is 0 Å². The number of rotatable bonds is 8. The number of ether oxygens (including phenoxy) is 2. The van der Waals surface area contributed by atoms with Gasteiger partial charge in [0.05, 0.1) is 11.7 Å². The molecule has 2 aromatic heterocycles. The molecule has 0 radical (unpaired) electrons. The van der Waals surface area contributed by atoms with Gasteiger partial charge < -0.3 is 19.3 Å². The maximum absolute atomic E-state index is 12.5. The maximum atomic E-state index is 12.5. The average molecular weight is 481 g/mol. The van der Waals surface area contributed by atoms with Crippen LogP contribution >= 0.6 is 0 Å². The number of carbonyl (C=O) groups excluding carboxylic acids is 1. The number of cyclic esters (lactones) is 1. The Morgan fingerprint density at radius 1 is 1.17 bits per heavy atom. The molecular weight excluding hydrogens is 448 g/mol. The van der Waals surface area contributed by atoms with Crippen molar-refractivity contribution in [1.29, 1.82) is 0 Å². The van der Waals surface area contributed by atoms with Crippen molar-refractivity contribution < 1.29 is 18.8 Å². The Morgan fingerprint density at radius 2 is 1.91 bits per heavy atom. The molecule has 0 aliphatic carbocycles. The zero-order valence-electron chi connectivity index (χ0n) is 21.0. The van der Waals surface area contributed by atoms with Crippen LogP contribution in [-0.4, -0.2) is 50.6 Å². The van der Waals surface area contributed by atoms with Gasteiger partial charge in [0, 0.05) is 11.8 Å². The lowest BCUT2D eigenvalue weighted by Gasteiger charge is -2.31. The first-order chi connectivity index (χ1) is 16.6. The van der Waals surface area contributed by atoms with Gasteiger partial charge in [0.2, 0.25) is 17.7 Å². The summed E-state index contributed by atoms with van der Waals surface area (Å²) in [5.74, 6) is 1.67. The Bertz CT molecular complexity index is 1160. The average Bonchev–Trinajstić information content (AvgIpc) is 3.45. The standard InChI is InChI=1S/C25H32N6O4/c1-7-17-8-10-18(11-9-17)21-29-22(35-30-21)15(2)27-23-26-13-12-20(28-23)31-19(14-33-24(31)32)16(3)34-25(4,5)6/h8-13,15-16,19H,7,14H2,1-6H3,(H,26,27,28)/t15?,16-,19-/m1/s1. The van der Waals surface area contributed by atoms with E-state index in [1.54, 1.807) is 12.3 Å². The molecule has 3 aromatic rings. The van der Waals surface area contributed by atoms with Crippen LogP contribution in [0.2, 0.25) is 0 Å². The van der Waals surface area contributed by atoms with Crippen LogP contribution in [0.25, 0.3) is 11.4 Å². The minimum atomic E-state index is -0.465. The molecule has 0 saturated carbocycles. The van der Waals surface area contributed by atoms with Crippen molar-refractivity contribution in [2.24, 2.45) is 0 Å². The van der Waals surface area contributed by atoms with Crippen molar-refractivity contribution in [3.05, 3.63) is 48.0 Å². The van der Waals surface area contributed by atoms with E-state index in [0.29, 0.717) is 23.5 Å². The number of aryl methyl sites for hydroxylation is 1. The van der Waals surface area contributed by atoms with E-state index in [2.05, 4.69) is 44.5 Å². The molecule has 1 saturated heterocycles. The number of carbonyl (C=O) groups is 1. The first kappa shape index (κ1) is 24.6. The molecule has 0 bridgehead atoms. The molecule has 186 valence electrons. The minimum Gasteiger partial charge on any atom is -0.447 e. The van der Waals surface area contributed by atoms with Gasteiger partial charge in [-0.2, -0.15) is 9.97 Å². The predicted octanol–water partition coefficient (Wildman–Crippen LogP) is 4.79. The summed E-state index contributed by atoms with van der Waals surface area (Å²) in [6.45, 7) is 12.1. The van der Waals surface area contributed by atoms with Gasteiger partial charge >= 0.3 is 6.09 Å². The van der Waals surface area contributed by atoms with Gasteiger partial charge in [0.1, 0.15) is 24.5 Å². The Kier molecular flexibility index (Phi) is 7.02. The highest BCUT2D eigenvalue weighted by Gasteiger charge is 2.40. The number of nitrogens with zero attached hydrogens (tertiary/aromatic N) is 5. The molecule has 1 unspecified atom stereocenters. The van der Waals surface area contributed by atoms with Gasteiger partial charge in [-0.05, 0) is 52.7 Å². The van der Waals surface area contributed by atoms with Crippen LogP contribution in [-0.2, 0) is 15.9 Å². The third kappa shape index (κ3) is 5.76. The van der Waals surface area contributed by atoms with Crippen LogP contribution in [0.5, 0.6) is 0 Å². The second-order valence-electron chi connectivity index (χ2n) is 9.56. The lowest BCUT2D eigenvalue weighted by atomic mass is 10.1. The molecular formula is C25H32N6O4. The third-order valence-corrected chi connectivity index (χ3v) is 5.65. The molecule has 1 aliphatic heterocycles. The summed E-state index contributed by atoms with van der Waals surface area (Å²) >= 11 is 0. The normalized spacial score (nSPS) is 17.8. The Balaban J connectivity index is 1.48. The van der Waals surface area contributed by atoms with Gasteiger partial charge in [-0.25, -0.2) is 9.78 Å². The smallest absolute Gasteiger partial charge is 0.416 e. The van der Waals surface area contributed by atoms with E-state index < -0.39 is 6.09 Å². The lowest BCUT2D eigenvalue weighted by molar-refractivity contribution is -0.0618. The number of hydrogen-bond acceptors (Lipinski definition) is 9. The van der Waals surface area contributed by atoms with Crippen molar-refractivity contribution >= 4 is 17.9 Å². The van der Waals surface area contributed by atoms with Crippen LogP contribution in [0.4, 0.5) is 16.6 Å². The van der Waals surface area contributed by atoms with Gasteiger partial charge in [0.25, 0.3) is 0 Å². The van der Waals surface area contributed by atoms with Gasteiger partial charge in [-0.15, -0.1) is 0 Å². The Labute approximate surface area is 205 Å². The number of anilines is 2. The van der Waals surface area contributed by atoms with Gasteiger partial charge in [-0.1, -0.05) is 36.3 Å². The number of amides is 1. The molecule has 1 amide bonds. The summed E-state index contributed by atoms with van der Waals surface area (Å²) in [6, 6.07) is 9.07. The van der Waals surface area contributed by atoms with E-state index in [-0.39, 0.29) is 30.4 Å². The van der Waals surface area contributed by atoms with Gasteiger partial charge in [-0.3, -0.25) is 4.90 Å². The molecule has 10 heteroatoms. The number of hydrogen-bond donors (Lipinski definition) is 1. The minimum absolute atomic E-state index is 0.225. The van der Waals surface area contributed by atoms with E-state index in [4.69, 9.17) is 14.0 Å². The molecule has 1 aromatic carbocycles. The molecule has 35 heavy (non-hydrogen) atoms. The van der Waals surface area contributed by atoms with E-state index in [1.807, 2.05) is 46.8 Å².